The summed E-state index contributed by atoms with van der Waals surface area (Å²) in [4.78, 5) is 0. The van der Waals surface area contributed by atoms with E-state index in [9.17, 15) is 4.39 Å². The normalized spacial score (nSPS) is 13.2. The summed E-state index contributed by atoms with van der Waals surface area (Å²) in [5.41, 5.74) is 1.24. The second-order valence-corrected chi connectivity index (χ2v) is 3.99. The smallest absolute Gasteiger partial charge is 0.0974 e. The van der Waals surface area contributed by atoms with Gasteiger partial charge in [-0.3, -0.25) is 0 Å². The fraction of sp³-hybridized carbons (Fsp3) is 0.385. The molecular formula is C13H16FN. The van der Waals surface area contributed by atoms with E-state index in [1.165, 1.54) is 10.9 Å². The van der Waals surface area contributed by atoms with Gasteiger partial charge in [-0.1, -0.05) is 18.2 Å². The third-order valence-electron chi connectivity index (χ3n) is 2.68. The summed E-state index contributed by atoms with van der Waals surface area (Å²) in [6.45, 7) is 2.52. The highest BCUT2D eigenvalue weighted by Gasteiger charge is 2.01. The summed E-state index contributed by atoms with van der Waals surface area (Å²) in [5, 5.41) is 1.26. The van der Waals surface area contributed by atoms with Crippen molar-refractivity contribution in [2.45, 2.75) is 32.5 Å². The number of hydrogen-bond donors (Lipinski definition) is 0. The molecule has 80 valence electrons. The third kappa shape index (κ3) is 2.38. The van der Waals surface area contributed by atoms with E-state index in [0.717, 1.165) is 13.0 Å². The molecular weight excluding hydrogens is 189 g/mol. The van der Waals surface area contributed by atoms with Crippen molar-refractivity contribution < 1.29 is 4.39 Å². The molecule has 0 aliphatic heterocycles. The van der Waals surface area contributed by atoms with Gasteiger partial charge >= 0.3 is 0 Å². The van der Waals surface area contributed by atoms with Crippen molar-refractivity contribution in [3.8, 4) is 0 Å². The minimum atomic E-state index is -0.688. The summed E-state index contributed by atoms with van der Waals surface area (Å²) < 4.78 is 14.8. The molecule has 0 fully saturated rings. The van der Waals surface area contributed by atoms with Gasteiger partial charge in [-0.15, -0.1) is 0 Å². The third-order valence-corrected chi connectivity index (χ3v) is 2.68. The molecule has 0 aliphatic rings. The van der Waals surface area contributed by atoms with Crippen LogP contribution in [0.2, 0.25) is 0 Å². The first-order valence-corrected chi connectivity index (χ1v) is 5.45. The Kier molecular flexibility index (Phi) is 3.05. The first-order chi connectivity index (χ1) is 7.27. The van der Waals surface area contributed by atoms with Crippen LogP contribution in [0.3, 0.4) is 0 Å². The van der Waals surface area contributed by atoms with Crippen molar-refractivity contribution in [1.82, 2.24) is 4.57 Å². The lowest BCUT2D eigenvalue weighted by Crippen LogP contribution is -1.99. The molecule has 0 saturated heterocycles. The highest BCUT2D eigenvalue weighted by molar-refractivity contribution is 5.79. The average molecular weight is 205 g/mol. The van der Waals surface area contributed by atoms with Crippen LogP contribution in [0.25, 0.3) is 10.9 Å². The van der Waals surface area contributed by atoms with Crippen molar-refractivity contribution in [2.24, 2.45) is 0 Å². The number of hydrogen-bond acceptors (Lipinski definition) is 0. The lowest BCUT2D eigenvalue weighted by molar-refractivity contribution is 0.328. The molecule has 1 heterocycles. The number of aromatic nitrogens is 1. The SMILES string of the molecule is C[C@@H](F)CCCn1ccc2ccccc21. The monoisotopic (exact) mass is 205 g/mol. The van der Waals surface area contributed by atoms with Gasteiger partial charge in [-0.2, -0.15) is 0 Å². The van der Waals surface area contributed by atoms with Crippen LogP contribution in [-0.4, -0.2) is 10.7 Å². The lowest BCUT2D eigenvalue weighted by Gasteiger charge is -2.05. The average Bonchev–Trinajstić information content (AvgIpc) is 2.62. The van der Waals surface area contributed by atoms with Crippen molar-refractivity contribution >= 4 is 10.9 Å². The summed E-state index contributed by atoms with van der Waals surface area (Å²) in [5.74, 6) is 0. The molecule has 1 nitrogen and oxygen atoms in total. The summed E-state index contributed by atoms with van der Waals surface area (Å²) in [6.07, 6.45) is 2.93. The molecule has 0 amide bonds. The number of benzene rings is 1. The van der Waals surface area contributed by atoms with Crippen LogP contribution < -0.4 is 0 Å². The van der Waals surface area contributed by atoms with Gasteiger partial charge < -0.3 is 4.57 Å². The zero-order valence-corrected chi connectivity index (χ0v) is 8.99. The molecule has 0 spiro atoms. The minimum absolute atomic E-state index is 0.645. The highest BCUT2D eigenvalue weighted by atomic mass is 19.1. The molecule has 2 rings (SSSR count). The molecule has 1 aromatic heterocycles. The fourth-order valence-electron chi connectivity index (χ4n) is 1.88. The van der Waals surface area contributed by atoms with E-state index in [1.54, 1.807) is 6.92 Å². The fourth-order valence-corrected chi connectivity index (χ4v) is 1.88. The minimum Gasteiger partial charge on any atom is -0.347 e. The zero-order chi connectivity index (χ0) is 10.7. The van der Waals surface area contributed by atoms with Crippen molar-refractivity contribution in [2.75, 3.05) is 0 Å². The van der Waals surface area contributed by atoms with Gasteiger partial charge in [0.1, 0.15) is 0 Å². The Labute approximate surface area is 89.5 Å². The van der Waals surface area contributed by atoms with Crippen LogP contribution in [0.1, 0.15) is 19.8 Å². The van der Waals surface area contributed by atoms with E-state index in [2.05, 4.69) is 29.0 Å². The van der Waals surface area contributed by atoms with Gasteiger partial charge in [0.25, 0.3) is 0 Å². The Hall–Kier alpha value is -1.31. The predicted molar refractivity (Wildman–Crippen MR) is 61.7 cm³/mol. The van der Waals surface area contributed by atoms with Crippen LogP contribution in [0.4, 0.5) is 4.39 Å². The maximum Gasteiger partial charge on any atom is 0.0974 e. The summed E-state index contributed by atoms with van der Waals surface area (Å²) in [7, 11) is 0. The van der Waals surface area contributed by atoms with Gasteiger partial charge in [0.05, 0.1) is 6.17 Å². The maximum absolute atomic E-state index is 12.6. The number of aryl methyl sites for hydroxylation is 1. The Bertz CT molecular complexity index is 431. The number of fused-ring (bicyclic) bond motifs is 1. The van der Waals surface area contributed by atoms with Gasteiger partial charge in [-0.05, 0) is 37.3 Å². The molecule has 15 heavy (non-hydrogen) atoms. The molecule has 2 heteroatoms. The van der Waals surface area contributed by atoms with Crippen LogP contribution >= 0.6 is 0 Å². The van der Waals surface area contributed by atoms with Gasteiger partial charge in [0.15, 0.2) is 0 Å². The van der Waals surface area contributed by atoms with Gasteiger partial charge in [0, 0.05) is 18.3 Å². The van der Waals surface area contributed by atoms with Crippen LogP contribution in [0.15, 0.2) is 36.5 Å². The zero-order valence-electron chi connectivity index (χ0n) is 8.99. The first-order valence-electron chi connectivity index (χ1n) is 5.45. The molecule has 0 saturated carbocycles. The van der Waals surface area contributed by atoms with Gasteiger partial charge in [0.2, 0.25) is 0 Å². The highest BCUT2D eigenvalue weighted by Crippen LogP contribution is 2.16. The van der Waals surface area contributed by atoms with Crippen LogP contribution in [-0.2, 0) is 6.54 Å². The van der Waals surface area contributed by atoms with Gasteiger partial charge in [-0.25, -0.2) is 4.39 Å². The molecule has 0 N–H and O–H groups in total. The van der Waals surface area contributed by atoms with Crippen LogP contribution in [0.5, 0.6) is 0 Å². The second kappa shape index (κ2) is 4.47. The van der Waals surface area contributed by atoms with E-state index < -0.39 is 6.17 Å². The standard InChI is InChI=1S/C13H16FN/c1-11(14)5-4-9-15-10-8-12-6-2-3-7-13(12)15/h2-3,6-8,10-11H,4-5,9H2,1H3/t11-/m1/s1. The molecule has 1 atom stereocenters. The number of alkyl halides is 1. The Morgan fingerprint density at radius 2 is 2.07 bits per heavy atom. The molecule has 0 radical (unpaired) electrons. The van der Waals surface area contributed by atoms with Crippen molar-refractivity contribution in [3.05, 3.63) is 36.5 Å². The maximum atomic E-state index is 12.6. The van der Waals surface area contributed by atoms with Crippen LogP contribution in [0, 0.1) is 0 Å². The van der Waals surface area contributed by atoms with E-state index in [-0.39, 0.29) is 0 Å². The molecule has 2 aromatic rings. The van der Waals surface area contributed by atoms with Crippen molar-refractivity contribution in [1.29, 1.82) is 0 Å². The number of nitrogens with zero attached hydrogens (tertiary/aromatic N) is 1. The molecule has 0 aliphatic carbocycles. The van der Waals surface area contributed by atoms with E-state index in [4.69, 9.17) is 0 Å². The quantitative estimate of drug-likeness (QED) is 0.715. The molecule has 0 bridgehead atoms. The Balaban J connectivity index is 2.08. The van der Waals surface area contributed by atoms with E-state index >= 15 is 0 Å². The Morgan fingerprint density at radius 3 is 2.87 bits per heavy atom. The first kappa shape index (κ1) is 10.2. The summed E-state index contributed by atoms with van der Waals surface area (Å²) in [6, 6.07) is 10.4. The molecule has 1 aromatic carbocycles. The van der Waals surface area contributed by atoms with E-state index in [0.29, 0.717) is 6.42 Å². The summed E-state index contributed by atoms with van der Waals surface area (Å²) >= 11 is 0. The topological polar surface area (TPSA) is 4.93 Å². The lowest BCUT2D eigenvalue weighted by atomic mass is 10.2. The van der Waals surface area contributed by atoms with Crippen molar-refractivity contribution in [3.63, 3.8) is 0 Å². The van der Waals surface area contributed by atoms with E-state index in [1.807, 2.05) is 12.1 Å². The Morgan fingerprint density at radius 1 is 1.27 bits per heavy atom. The largest absolute Gasteiger partial charge is 0.347 e. The predicted octanol–water partition coefficient (Wildman–Crippen LogP) is 3.78. The molecule has 0 unspecified atom stereocenters. The number of para-hydroxylation sites is 1. The second-order valence-electron chi connectivity index (χ2n) is 3.99. The number of halogens is 1. The number of rotatable bonds is 4.